The summed E-state index contributed by atoms with van der Waals surface area (Å²) in [6.07, 6.45) is 0. The summed E-state index contributed by atoms with van der Waals surface area (Å²) >= 11 is 5.89. The zero-order valence-corrected chi connectivity index (χ0v) is 13.8. The third kappa shape index (κ3) is 2.49. The van der Waals surface area contributed by atoms with E-state index >= 15 is 0 Å². The van der Waals surface area contributed by atoms with Crippen LogP contribution in [0.5, 0.6) is 11.5 Å². The molecule has 0 heterocycles. The molecule has 0 spiro atoms. The van der Waals surface area contributed by atoms with E-state index < -0.39 is 0 Å². The highest BCUT2D eigenvalue weighted by Gasteiger charge is 2.13. The van der Waals surface area contributed by atoms with Gasteiger partial charge in [-0.1, -0.05) is 24.3 Å². The van der Waals surface area contributed by atoms with Crippen LogP contribution in [-0.2, 0) is 0 Å². The largest absolute Gasteiger partial charge is 0.496 e. The molecule has 2 aromatic carbocycles. The van der Waals surface area contributed by atoms with E-state index in [1.54, 1.807) is 14.2 Å². The van der Waals surface area contributed by atoms with E-state index in [0.717, 1.165) is 30.7 Å². The minimum Gasteiger partial charge on any atom is -0.496 e. The maximum absolute atomic E-state index is 5.35. The number of methoxy groups -OCH3 is 2. The average Bonchev–Trinajstić information content (AvgIpc) is 2.40. The Balaban J connectivity index is 2.62. The van der Waals surface area contributed by atoms with Crippen molar-refractivity contribution >= 4 is 38.5 Å². The van der Waals surface area contributed by atoms with Crippen LogP contribution in [0.15, 0.2) is 40.9 Å². The maximum atomic E-state index is 5.35. The van der Waals surface area contributed by atoms with Crippen molar-refractivity contribution in [3.05, 3.63) is 44.4 Å². The van der Waals surface area contributed by atoms with E-state index in [1.807, 2.05) is 24.3 Å². The normalized spacial score (nSPS) is 10.2. The summed E-state index contributed by atoms with van der Waals surface area (Å²) < 4.78 is 12.7. The first kappa shape index (κ1) is 13.7. The van der Waals surface area contributed by atoms with E-state index in [-0.39, 0.29) is 0 Å². The molecule has 94 valence electrons. The summed E-state index contributed by atoms with van der Waals surface area (Å²) in [6, 6.07) is 12.0. The van der Waals surface area contributed by atoms with Gasteiger partial charge in [-0.25, -0.2) is 0 Å². The van der Waals surface area contributed by atoms with Crippen molar-refractivity contribution in [2.75, 3.05) is 14.2 Å². The van der Waals surface area contributed by atoms with Crippen LogP contribution in [0.1, 0.15) is 0 Å². The van der Waals surface area contributed by atoms with Crippen LogP contribution in [0, 0.1) is 3.57 Å². The molecule has 0 aliphatic carbocycles. The van der Waals surface area contributed by atoms with E-state index in [4.69, 9.17) is 9.47 Å². The standard InChI is InChI=1S/C14H12BrIO2/c1-17-11-7-3-5-9(13(11)15)10-6-4-8-12(18-2)14(10)16/h3-8H,1-2H3. The second-order valence-corrected chi connectivity index (χ2v) is 5.52. The van der Waals surface area contributed by atoms with Crippen molar-refractivity contribution in [2.45, 2.75) is 0 Å². The van der Waals surface area contributed by atoms with Crippen LogP contribution in [0.3, 0.4) is 0 Å². The molecule has 2 rings (SSSR count). The van der Waals surface area contributed by atoms with Gasteiger partial charge < -0.3 is 9.47 Å². The molecule has 18 heavy (non-hydrogen) atoms. The summed E-state index contributed by atoms with van der Waals surface area (Å²) in [5, 5.41) is 0. The lowest BCUT2D eigenvalue weighted by Gasteiger charge is -2.12. The van der Waals surface area contributed by atoms with Gasteiger partial charge in [-0.2, -0.15) is 0 Å². The average molecular weight is 419 g/mol. The number of benzene rings is 2. The fourth-order valence-electron chi connectivity index (χ4n) is 1.75. The van der Waals surface area contributed by atoms with Crippen LogP contribution >= 0.6 is 38.5 Å². The van der Waals surface area contributed by atoms with Crippen LogP contribution in [0.4, 0.5) is 0 Å². The molecule has 0 fully saturated rings. The monoisotopic (exact) mass is 418 g/mol. The van der Waals surface area contributed by atoms with Crippen LogP contribution < -0.4 is 9.47 Å². The Hall–Kier alpha value is -0.750. The first-order chi connectivity index (χ1) is 8.69. The van der Waals surface area contributed by atoms with Gasteiger partial charge in [0.15, 0.2) is 0 Å². The molecule has 0 saturated heterocycles. The molecule has 0 aliphatic heterocycles. The van der Waals surface area contributed by atoms with Gasteiger partial charge >= 0.3 is 0 Å². The van der Waals surface area contributed by atoms with Crippen molar-refractivity contribution in [2.24, 2.45) is 0 Å². The number of hydrogen-bond acceptors (Lipinski definition) is 2. The number of rotatable bonds is 3. The van der Waals surface area contributed by atoms with Gasteiger partial charge in [0.25, 0.3) is 0 Å². The molecule has 0 saturated carbocycles. The molecule has 0 bridgehead atoms. The van der Waals surface area contributed by atoms with E-state index in [9.17, 15) is 0 Å². The molecule has 4 heteroatoms. The zero-order chi connectivity index (χ0) is 13.1. The summed E-state index contributed by atoms with van der Waals surface area (Å²) in [4.78, 5) is 0. The molecule has 2 nitrogen and oxygen atoms in total. The van der Waals surface area contributed by atoms with Gasteiger partial charge in [0.2, 0.25) is 0 Å². The predicted octanol–water partition coefficient (Wildman–Crippen LogP) is 4.74. The van der Waals surface area contributed by atoms with E-state index in [1.165, 1.54) is 0 Å². The molecule has 2 aromatic rings. The lowest BCUT2D eigenvalue weighted by atomic mass is 10.1. The molecule has 0 aromatic heterocycles. The van der Waals surface area contributed by atoms with E-state index in [0.29, 0.717) is 0 Å². The lowest BCUT2D eigenvalue weighted by Crippen LogP contribution is -1.92. The number of halogens is 2. The Morgan fingerprint density at radius 2 is 1.44 bits per heavy atom. The zero-order valence-electron chi connectivity index (χ0n) is 10.0. The third-order valence-corrected chi connectivity index (χ3v) is 4.59. The summed E-state index contributed by atoms with van der Waals surface area (Å²) in [6.45, 7) is 0. The lowest BCUT2D eigenvalue weighted by molar-refractivity contribution is 0.411. The SMILES string of the molecule is COc1cccc(-c2cccc(OC)c2I)c1Br. The van der Waals surface area contributed by atoms with Crippen molar-refractivity contribution in [1.82, 2.24) is 0 Å². The first-order valence-electron chi connectivity index (χ1n) is 5.34. The Morgan fingerprint density at radius 3 is 2.06 bits per heavy atom. The van der Waals surface area contributed by atoms with Gasteiger partial charge in [-0.05, 0) is 50.7 Å². The summed E-state index contributed by atoms with van der Waals surface area (Å²) in [5.74, 6) is 1.70. The second kappa shape index (κ2) is 5.93. The molecule has 0 unspecified atom stereocenters. The smallest absolute Gasteiger partial charge is 0.133 e. The van der Waals surface area contributed by atoms with Crippen LogP contribution in [-0.4, -0.2) is 14.2 Å². The molecular formula is C14H12BrIO2. The van der Waals surface area contributed by atoms with Gasteiger partial charge in [-0.3, -0.25) is 0 Å². The highest BCUT2D eigenvalue weighted by Crippen LogP contribution is 2.39. The van der Waals surface area contributed by atoms with Crippen LogP contribution in [0.2, 0.25) is 0 Å². The Kier molecular flexibility index (Phi) is 4.50. The fraction of sp³-hybridized carbons (Fsp3) is 0.143. The molecule has 0 amide bonds. The Labute approximate surface area is 129 Å². The van der Waals surface area contributed by atoms with Crippen LogP contribution in [0.25, 0.3) is 11.1 Å². The van der Waals surface area contributed by atoms with Gasteiger partial charge in [0.1, 0.15) is 11.5 Å². The van der Waals surface area contributed by atoms with Gasteiger partial charge in [0.05, 0.1) is 22.3 Å². The first-order valence-corrected chi connectivity index (χ1v) is 7.21. The number of hydrogen-bond donors (Lipinski definition) is 0. The minimum atomic E-state index is 0.825. The Morgan fingerprint density at radius 1 is 0.889 bits per heavy atom. The predicted molar refractivity (Wildman–Crippen MR) is 85.4 cm³/mol. The highest BCUT2D eigenvalue weighted by atomic mass is 127. The molecular weight excluding hydrogens is 407 g/mol. The summed E-state index contributed by atoms with van der Waals surface area (Å²) in [5.41, 5.74) is 2.22. The van der Waals surface area contributed by atoms with Crippen molar-refractivity contribution < 1.29 is 9.47 Å². The third-order valence-electron chi connectivity index (χ3n) is 2.66. The second-order valence-electron chi connectivity index (χ2n) is 3.64. The number of ether oxygens (including phenoxy) is 2. The molecule has 0 N–H and O–H groups in total. The quantitative estimate of drug-likeness (QED) is 0.670. The molecule has 0 aliphatic rings. The van der Waals surface area contributed by atoms with Crippen molar-refractivity contribution in [3.63, 3.8) is 0 Å². The minimum absolute atomic E-state index is 0.825. The fourth-order valence-corrected chi connectivity index (χ4v) is 3.26. The van der Waals surface area contributed by atoms with Crippen molar-refractivity contribution in [1.29, 1.82) is 0 Å². The topological polar surface area (TPSA) is 18.5 Å². The molecule has 0 atom stereocenters. The molecule has 0 radical (unpaired) electrons. The maximum Gasteiger partial charge on any atom is 0.133 e. The summed E-state index contributed by atoms with van der Waals surface area (Å²) in [7, 11) is 3.35. The van der Waals surface area contributed by atoms with Gasteiger partial charge in [0, 0.05) is 11.1 Å². The Bertz CT molecular complexity index is 518. The highest BCUT2D eigenvalue weighted by molar-refractivity contribution is 14.1. The van der Waals surface area contributed by atoms with E-state index in [2.05, 4.69) is 50.7 Å². The van der Waals surface area contributed by atoms with Gasteiger partial charge in [-0.15, -0.1) is 0 Å². The van der Waals surface area contributed by atoms with Crippen molar-refractivity contribution in [3.8, 4) is 22.6 Å².